The number of anilines is 2. The van der Waals surface area contributed by atoms with Crippen molar-refractivity contribution in [3.05, 3.63) is 36.7 Å². The molecule has 14 heteroatoms. The zero-order valence-corrected chi connectivity index (χ0v) is 17.5. The van der Waals surface area contributed by atoms with Crippen LogP contribution in [0.25, 0.3) is 5.65 Å². The van der Waals surface area contributed by atoms with Gasteiger partial charge in [-0.05, 0) is 36.8 Å². The Morgan fingerprint density at radius 2 is 1.85 bits per heavy atom. The van der Waals surface area contributed by atoms with Gasteiger partial charge in [0.15, 0.2) is 29.6 Å². The number of hydrogen-bond donors (Lipinski definition) is 1. The minimum atomic E-state index is -5.72. The number of nitrogens with one attached hydrogen (secondary N) is 1. The van der Waals surface area contributed by atoms with E-state index in [1.54, 1.807) is 0 Å². The first-order valence-electron chi connectivity index (χ1n) is 10.5. The predicted octanol–water partition coefficient (Wildman–Crippen LogP) is 3.56. The second kappa shape index (κ2) is 8.17. The maximum absolute atomic E-state index is 14.1. The number of piperidine rings is 1. The van der Waals surface area contributed by atoms with E-state index in [4.69, 9.17) is 4.74 Å². The van der Waals surface area contributed by atoms with Crippen molar-refractivity contribution in [2.24, 2.45) is 11.8 Å². The first-order valence-corrected chi connectivity index (χ1v) is 10.5. The van der Waals surface area contributed by atoms with Gasteiger partial charge in [-0.25, -0.2) is 18.9 Å². The number of aromatic nitrogens is 5. The molecule has 2 atom stereocenters. The molecule has 34 heavy (non-hydrogen) atoms. The van der Waals surface area contributed by atoms with Gasteiger partial charge >= 0.3 is 12.1 Å². The third kappa shape index (κ3) is 4.05. The number of ether oxygens (including phenoxy) is 1. The highest BCUT2D eigenvalue weighted by Crippen LogP contribution is 2.40. The number of rotatable bonds is 6. The molecule has 182 valence electrons. The van der Waals surface area contributed by atoms with Crippen molar-refractivity contribution < 1.29 is 31.1 Å². The van der Waals surface area contributed by atoms with Crippen LogP contribution in [0.4, 0.5) is 38.1 Å². The Balaban J connectivity index is 1.31. The van der Waals surface area contributed by atoms with Crippen LogP contribution in [0.3, 0.4) is 0 Å². The van der Waals surface area contributed by atoms with E-state index in [1.165, 1.54) is 29.2 Å². The average molecular weight is 487 g/mol. The SMILES string of the molecule is Fc1cncnc1N1CC2CCC(C1)C2Nc1nc2c(OCC(F)(F)C(F)(F)F)cccn2n1. The highest BCUT2D eigenvalue weighted by Gasteiger charge is 2.58. The summed E-state index contributed by atoms with van der Waals surface area (Å²) in [5.41, 5.74) is 0.0100. The zero-order chi connectivity index (χ0) is 24.1. The van der Waals surface area contributed by atoms with Crippen LogP contribution in [0.2, 0.25) is 0 Å². The second-order valence-electron chi connectivity index (χ2n) is 8.43. The molecule has 4 heterocycles. The Kier molecular flexibility index (Phi) is 5.40. The molecule has 2 bridgehead atoms. The quantitative estimate of drug-likeness (QED) is 0.533. The number of alkyl halides is 5. The van der Waals surface area contributed by atoms with Crippen LogP contribution >= 0.6 is 0 Å². The van der Waals surface area contributed by atoms with Crippen molar-refractivity contribution in [1.82, 2.24) is 24.6 Å². The molecule has 1 N–H and O–H groups in total. The molecule has 2 unspecified atom stereocenters. The summed E-state index contributed by atoms with van der Waals surface area (Å²) >= 11 is 0. The Morgan fingerprint density at radius 3 is 2.53 bits per heavy atom. The van der Waals surface area contributed by atoms with E-state index >= 15 is 0 Å². The molecule has 2 aliphatic rings. The van der Waals surface area contributed by atoms with Gasteiger partial charge in [0.25, 0.3) is 0 Å². The standard InChI is InChI=1S/C20H19F6N7O/c21-13-6-27-10-28-16(13)32-7-11-3-4-12(8-32)15(11)29-18-30-17-14(2-1-5-33(17)31-18)34-9-19(22,23)20(24,25)26/h1-2,5-6,10-12,15H,3-4,7-9H2,(H,29,31). The van der Waals surface area contributed by atoms with Crippen LogP contribution in [0, 0.1) is 17.7 Å². The molecule has 0 aromatic carbocycles. The monoisotopic (exact) mass is 487 g/mol. The summed E-state index contributed by atoms with van der Waals surface area (Å²) in [6.45, 7) is -0.735. The molecule has 1 aliphatic heterocycles. The van der Waals surface area contributed by atoms with E-state index in [1.807, 2.05) is 4.90 Å². The van der Waals surface area contributed by atoms with E-state index < -0.39 is 24.5 Å². The van der Waals surface area contributed by atoms with Crippen LogP contribution in [-0.4, -0.2) is 62.4 Å². The topological polar surface area (TPSA) is 80.5 Å². The summed E-state index contributed by atoms with van der Waals surface area (Å²) in [6.07, 6.45) is -0.00681. The van der Waals surface area contributed by atoms with E-state index in [9.17, 15) is 26.3 Å². The summed E-state index contributed by atoms with van der Waals surface area (Å²) in [5.74, 6) is -4.97. The van der Waals surface area contributed by atoms with Crippen molar-refractivity contribution in [3.8, 4) is 5.75 Å². The van der Waals surface area contributed by atoms with Crippen LogP contribution in [0.5, 0.6) is 5.75 Å². The van der Waals surface area contributed by atoms with Gasteiger partial charge in [-0.1, -0.05) is 0 Å². The lowest BCUT2D eigenvalue weighted by Gasteiger charge is -2.38. The van der Waals surface area contributed by atoms with Gasteiger partial charge in [0.05, 0.1) is 6.20 Å². The van der Waals surface area contributed by atoms with E-state index in [0.29, 0.717) is 13.1 Å². The number of hydrogen-bond acceptors (Lipinski definition) is 7. The Bertz CT molecular complexity index is 1170. The van der Waals surface area contributed by atoms with Gasteiger partial charge in [-0.3, -0.25) is 0 Å². The van der Waals surface area contributed by atoms with E-state index in [-0.39, 0.29) is 41.0 Å². The number of nitrogens with zero attached hydrogens (tertiary/aromatic N) is 6. The van der Waals surface area contributed by atoms with Crippen molar-refractivity contribution in [3.63, 3.8) is 0 Å². The third-order valence-corrected chi connectivity index (χ3v) is 6.23. The molecule has 3 aromatic heterocycles. The summed E-state index contributed by atoms with van der Waals surface area (Å²) in [5, 5.41) is 7.52. The minimum Gasteiger partial charge on any atom is -0.483 e. The molecule has 1 aliphatic carbocycles. The molecule has 8 nitrogen and oxygen atoms in total. The fraction of sp³-hybridized carbons (Fsp3) is 0.500. The molecule has 0 amide bonds. The Morgan fingerprint density at radius 1 is 1.12 bits per heavy atom. The summed E-state index contributed by atoms with van der Waals surface area (Å²) in [4.78, 5) is 13.9. The summed E-state index contributed by atoms with van der Waals surface area (Å²) in [7, 11) is 0. The molecule has 0 spiro atoms. The van der Waals surface area contributed by atoms with Crippen molar-refractivity contribution in [2.75, 3.05) is 29.9 Å². The largest absolute Gasteiger partial charge is 0.483 e. The van der Waals surface area contributed by atoms with Gasteiger partial charge in [-0.15, -0.1) is 5.10 Å². The van der Waals surface area contributed by atoms with E-state index in [2.05, 4.69) is 25.4 Å². The van der Waals surface area contributed by atoms with Crippen molar-refractivity contribution in [1.29, 1.82) is 0 Å². The summed E-state index contributed by atoms with van der Waals surface area (Å²) in [6, 6.07) is 2.64. The fourth-order valence-electron chi connectivity index (χ4n) is 4.62. The molecule has 0 radical (unpaired) electrons. The molecular formula is C20H19F6N7O. The van der Waals surface area contributed by atoms with Gasteiger partial charge < -0.3 is 15.0 Å². The molecule has 2 fully saturated rings. The smallest absolute Gasteiger partial charge is 0.456 e. The van der Waals surface area contributed by atoms with Gasteiger partial charge in [0, 0.05) is 25.3 Å². The van der Waals surface area contributed by atoms with Crippen LogP contribution in [0.1, 0.15) is 12.8 Å². The zero-order valence-electron chi connectivity index (χ0n) is 17.5. The normalized spacial score (nSPS) is 22.9. The highest BCUT2D eigenvalue weighted by molar-refractivity contribution is 5.56. The van der Waals surface area contributed by atoms with Gasteiger partial charge in [0.1, 0.15) is 6.33 Å². The molecule has 3 aromatic rings. The minimum absolute atomic E-state index is 0.0100. The van der Waals surface area contributed by atoms with E-state index in [0.717, 1.165) is 19.0 Å². The van der Waals surface area contributed by atoms with Crippen LogP contribution < -0.4 is 15.0 Å². The van der Waals surface area contributed by atoms with Gasteiger partial charge in [0.2, 0.25) is 5.95 Å². The maximum atomic E-state index is 14.1. The molecule has 1 saturated carbocycles. The molecule has 5 rings (SSSR count). The van der Waals surface area contributed by atoms with Crippen LogP contribution in [0.15, 0.2) is 30.9 Å². The lowest BCUT2D eigenvalue weighted by atomic mass is 9.92. The fourth-order valence-corrected chi connectivity index (χ4v) is 4.62. The molecular weight excluding hydrogens is 468 g/mol. The Hall–Kier alpha value is -3.32. The number of fused-ring (bicyclic) bond motifs is 3. The molecule has 1 saturated heterocycles. The predicted molar refractivity (Wildman–Crippen MR) is 107 cm³/mol. The van der Waals surface area contributed by atoms with Gasteiger partial charge in [-0.2, -0.15) is 26.9 Å². The summed E-state index contributed by atoms with van der Waals surface area (Å²) < 4.78 is 84.0. The highest BCUT2D eigenvalue weighted by atomic mass is 19.4. The Labute approximate surface area is 189 Å². The lowest BCUT2D eigenvalue weighted by Crippen LogP contribution is -2.48. The average Bonchev–Trinajstić information content (AvgIpc) is 3.28. The van der Waals surface area contributed by atoms with Crippen LogP contribution in [-0.2, 0) is 0 Å². The number of pyridine rings is 1. The first-order chi connectivity index (χ1) is 16.1. The van der Waals surface area contributed by atoms with Crippen molar-refractivity contribution >= 4 is 17.4 Å². The third-order valence-electron chi connectivity index (χ3n) is 6.23. The lowest BCUT2D eigenvalue weighted by molar-refractivity contribution is -0.289. The maximum Gasteiger partial charge on any atom is 0.456 e. The first kappa shape index (κ1) is 22.5. The number of halogens is 6. The van der Waals surface area contributed by atoms with Crippen molar-refractivity contribution in [2.45, 2.75) is 31.0 Å². The second-order valence-corrected chi connectivity index (χ2v) is 8.43.